The Labute approximate surface area is 532 Å². The van der Waals surface area contributed by atoms with Crippen molar-refractivity contribution >= 4 is 55.9 Å². The van der Waals surface area contributed by atoms with Crippen LogP contribution in [0.15, 0.2) is 364 Å². The minimum atomic E-state index is -0.386. The van der Waals surface area contributed by atoms with Crippen molar-refractivity contribution in [3.63, 3.8) is 0 Å². The number of anilines is 6. The Kier molecular flexibility index (Phi) is 16.2. The molecule has 0 unspecified atom stereocenters. The van der Waals surface area contributed by atoms with Crippen LogP contribution in [-0.4, -0.2) is 4.57 Å². The molecule has 0 spiro atoms. The van der Waals surface area contributed by atoms with E-state index in [1.54, 1.807) is 12.1 Å². The second-order valence-corrected chi connectivity index (χ2v) is 22.6. The largest absolute Gasteiger partial charge is 0.356 e. The predicted molar refractivity (Wildman–Crippen MR) is 381 cm³/mol. The van der Waals surface area contributed by atoms with Crippen molar-refractivity contribution in [2.24, 2.45) is 0 Å². The summed E-state index contributed by atoms with van der Waals surface area (Å²) in [5.74, 6) is 0. The number of nitrogens with zero attached hydrogens (tertiary/aromatic N) is 2. The van der Waals surface area contributed by atoms with Crippen LogP contribution in [0.5, 0.6) is 0 Å². The maximum Gasteiger partial charge on any atom is 0.0991 e. The smallest absolute Gasteiger partial charge is 0.0991 e. The van der Waals surface area contributed by atoms with Gasteiger partial charge in [0.15, 0.2) is 0 Å². The fourth-order valence-electron chi connectivity index (χ4n) is 12.7. The lowest BCUT2D eigenvalue weighted by Crippen LogP contribution is -2.28. The van der Waals surface area contributed by atoms with Gasteiger partial charge in [-0.25, -0.2) is 0 Å². The van der Waals surface area contributed by atoms with E-state index in [0.717, 1.165) is 34.1 Å². The molecule has 16 rings (SSSR count). The van der Waals surface area contributed by atoms with E-state index < -0.39 is 0 Å². The van der Waals surface area contributed by atoms with Crippen LogP contribution >= 0.6 is 0 Å². The number of benzene rings is 14. The van der Waals surface area contributed by atoms with Crippen molar-refractivity contribution in [1.82, 2.24) is 4.57 Å². The van der Waals surface area contributed by atoms with Gasteiger partial charge in [-0.3, -0.25) is 0 Å². The number of hydrogen-bond acceptors (Lipinski definition) is 4. The number of fused-ring (bicyclic) bond motifs is 6. The van der Waals surface area contributed by atoms with E-state index in [9.17, 15) is 0 Å². The topological polar surface area (TPSA) is 64.8 Å². The van der Waals surface area contributed by atoms with Crippen LogP contribution < -0.4 is 16.0 Å². The monoisotopic (exact) mass is 1170 g/mol. The number of para-hydroxylation sites is 2. The fourth-order valence-corrected chi connectivity index (χ4v) is 12.7. The highest BCUT2D eigenvalue weighted by molar-refractivity contribution is 6.10. The molecule has 432 valence electrons. The Bertz CT molecular complexity index is 4910. The Morgan fingerprint density at radius 2 is 0.615 bits per heavy atom. The highest BCUT2D eigenvalue weighted by atomic mass is 15.0. The molecule has 3 N–H and O–H groups in total. The second kappa shape index (κ2) is 26.0. The van der Waals surface area contributed by atoms with Gasteiger partial charge >= 0.3 is 0 Å². The molecule has 0 bridgehead atoms. The molecule has 0 saturated carbocycles. The van der Waals surface area contributed by atoms with Gasteiger partial charge in [-0.1, -0.05) is 255 Å². The lowest BCUT2D eigenvalue weighted by atomic mass is 9.67. The molecule has 0 aliphatic heterocycles. The van der Waals surface area contributed by atoms with Crippen molar-refractivity contribution in [1.29, 1.82) is 5.26 Å². The molecule has 0 radical (unpaired) electrons. The molecule has 91 heavy (non-hydrogen) atoms. The third-order valence-electron chi connectivity index (χ3n) is 17.0. The predicted octanol–water partition coefficient (Wildman–Crippen LogP) is 22.6. The molecule has 1 aliphatic carbocycles. The number of rotatable bonds is 12. The lowest BCUT2D eigenvalue weighted by Gasteiger charge is -2.34. The Hall–Kier alpha value is -12.2. The Balaban J connectivity index is 0.000000124. The highest BCUT2D eigenvalue weighted by Crippen LogP contribution is 2.56. The summed E-state index contributed by atoms with van der Waals surface area (Å²) in [6.45, 7) is 0. The third-order valence-corrected chi connectivity index (χ3v) is 17.0. The molecular weight excluding hydrogens is 1100 g/mol. The average molecular weight is 1170 g/mol. The second-order valence-electron chi connectivity index (χ2n) is 22.6. The molecule has 5 nitrogen and oxygen atoms in total. The van der Waals surface area contributed by atoms with Gasteiger partial charge in [-0.2, -0.15) is 5.26 Å². The van der Waals surface area contributed by atoms with Gasteiger partial charge in [0, 0.05) is 50.6 Å². The number of nitriles is 1. The van der Waals surface area contributed by atoms with Crippen LogP contribution in [0.2, 0.25) is 0 Å². The first-order chi connectivity index (χ1) is 45.0. The van der Waals surface area contributed by atoms with Crippen molar-refractivity contribution in [2.45, 2.75) is 5.41 Å². The zero-order chi connectivity index (χ0) is 61.2. The van der Waals surface area contributed by atoms with E-state index in [-0.39, 0.29) is 5.41 Å². The SMILES string of the molecule is N#Cc1ccc(Nc2ccc(-c3ccccc3)cc2)cc1.c1ccc(-c2ccc(Nc3ccc4c(c3)C(c3ccccc3)(c3ccccc3)c3ccccc3-4)cc2)cc1.c1ccc(-c2ccc(Nc3ccc4c(c3)c3ccccc3n4-c3ccccc3)cc2)cc1. The first-order valence-corrected chi connectivity index (χ1v) is 30.8. The Morgan fingerprint density at radius 1 is 0.264 bits per heavy atom. The van der Waals surface area contributed by atoms with Crippen molar-refractivity contribution in [3.8, 4) is 56.3 Å². The van der Waals surface area contributed by atoms with Gasteiger partial charge in [-0.15, -0.1) is 0 Å². The maximum absolute atomic E-state index is 8.79. The van der Waals surface area contributed by atoms with E-state index >= 15 is 0 Å². The summed E-state index contributed by atoms with van der Waals surface area (Å²) in [5.41, 5.74) is 25.3. The average Bonchev–Trinajstić information content (AvgIpc) is 1.56. The van der Waals surface area contributed by atoms with Gasteiger partial charge in [-0.05, 0) is 176 Å². The van der Waals surface area contributed by atoms with E-state index in [2.05, 4.69) is 342 Å². The van der Waals surface area contributed by atoms with Crippen molar-refractivity contribution < 1.29 is 0 Å². The van der Waals surface area contributed by atoms with Crippen molar-refractivity contribution in [2.75, 3.05) is 16.0 Å². The summed E-state index contributed by atoms with van der Waals surface area (Å²) in [6.07, 6.45) is 0. The van der Waals surface area contributed by atoms with Gasteiger partial charge in [0.1, 0.15) is 0 Å². The quantitative estimate of drug-likeness (QED) is 0.114. The minimum Gasteiger partial charge on any atom is -0.356 e. The minimum absolute atomic E-state index is 0.386. The van der Waals surface area contributed by atoms with E-state index in [4.69, 9.17) is 5.26 Å². The molecule has 15 aromatic rings. The molecule has 1 heterocycles. The van der Waals surface area contributed by atoms with Crippen LogP contribution in [0.25, 0.3) is 72.0 Å². The summed E-state index contributed by atoms with van der Waals surface area (Å²) >= 11 is 0. The molecule has 1 aromatic heterocycles. The Morgan fingerprint density at radius 3 is 1.11 bits per heavy atom. The molecular formula is C86H63N5. The zero-order valence-corrected chi connectivity index (χ0v) is 50.0. The van der Waals surface area contributed by atoms with E-state index in [0.29, 0.717) is 5.56 Å². The number of nitrogens with one attached hydrogen (secondary N) is 3. The van der Waals surface area contributed by atoms with Gasteiger partial charge in [0.05, 0.1) is 28.1 Å². The molecule has 0 saturated heterocycles. The first-order valence-electron chi connectivity index (χ1n) is 30.8. The first kappa shape index (κ1) is 56.6. The summed E-state index contributed by atoms with van der Waals surface area (Å²) in [4.78, 5) is 0. The van der Waals surface area contributed by atoms with Crippen molar-refractivity contribution in [3.05, 3.63) is 392 Å². The summed E-state index contributed by atoms with van der Waals surface area (Å²) in [6, 6.07) is 130. The standard InChI is InChI=1S/C37H27N.C30H22N2.C19H14N2/c1-4-12-27(13-5-1)28-20-22-31(23-21-28)38-32-24-25-34-33-18-10-11-19-35(33)37(36(34)26-32,29-14-6-2-7-15-29)30-16-8-3-9-17-30;1-3-9-22(10-4-1)23-15-17-24(18-16-23)31-25-19-20-30-28(21-25)27-13-7-8-14-29(27)32(30)26-11-5-2-6-12-26;20-14-15-6-10-18(11-7-15)21-19-12-8-17(9-13-19)16-4-2-1-3-5-16/h1-26,38H;1-21,31H;1-13,21H. The van der Waals surface area contributed by atoms with E-state index in [1.807, 2.05) is 36.4 Å². The van der Waals surface area contributed by atoms with Crippen LogP contribution in [0.1, 0.15) is 27.8 Å². The fraction of sp³-hybridized carbons (Fsp3) is 0.0116. The van der Waals surface area contributed by atoms with Gasteiger partial charge in [0.25, 0.3) is 0 Å². The molecule has 0 amide bonds. The van der Waals surface area contributed by atoms with E-state index in [1.165, 1.54) is 94.3 Å². The summed E-state index contributed by atoms with van der Waals surface area (Å²) in [7, 11) is 0. The molecule has 0 atom stereocenters. The lowest BCUT2D eigenvalue weighted by molar-refractivity contribution is 0.769. The molecule has 14 aromatic carbocycles. The molecule has 0 fully saturated rings. The zero-order valence-electron chi connectivity index (χ0n) is 50.0. The number of hydrogen-bond donors (Lipinski definition) is 3. The molecule has 1 aliphatic rings. The van der Waals surface area contributed by atoms with Gasteiger partial charge < -0.3 is 20.5 Å². The summed E-state index contributed by atoms with van der Waals surface area (Å²) in [5, 5.41) is 21.9. The van der Waals surface area contributed by atoms with Crippen LogP contribution in [0.3, 0.4) is 0 Å². The van der Waals surface area contributed by atoms with Crippen LogP contribution in [0, 0.1) is 11.3 Å². The maximum atomic E-state index is 8.79. The highest BCUT2D eigenvalue weighted by Gasteiger charge is 2.46. The summed E-state index contributed by atoms with van der Waals surface area (Å²) < 4.78 is 2.34. The third kappa shape index (κ3) is 11.9. The van der Waals surface area contributed by atoms with Crippen LogP contribution in [0.4, 0.5) is 34.1 Å². The van der Waals surface area contributed by atoms with Crippen LogP contribution in [-0.2, 0) is 5.41 Å². The normalized spacial score (nSPS) is 11.6. The number of aromatic nitrogens is 1. The van der Waals surface area contributed by atoms with Gasteiger partial charge in [0.2, 0.25) is 0 Å². The molecule has 5 heteroatoms.